The molecule has 2 atom stereocenters. The summed E-state index contributed by atoms with van der Waals surface area (Å²) in [6, 6.07) is 0. The second kappa shape index (κ2) is 4.93. The minimum absolute atomic E-state index is 0.144. The van der Waals surface area contributed by atoms with E-state index in [9.17, 15) is 4.79 Å². The second-order valence-electron chi connectivity index (χ2n) is 7.36. The maximum atomic E-state index is 12.1. The standard InChI is InChI=1S/C15H28O2Si/c1-10(2)13-11(3)9-12(16)14(13)17-18(7,8)15(4,5)6/h9-10,13-14H,1-8H3/t13-,14-/m0/s1. The third-order valence-electron chi connectivity index (χ3n) is 4.45. The molecule has 0 aromatic heterocycles. The highest BCUT2D eigenvalue weighted by atomic mass is 28.4. The van der Waals surface area contributed by atoms with Crippen LogP contribution in [0.3, 0.4) is 0 Å². The van der Waals surface area contributed by atoms with Gasteiger partial charge in [0.1, 0.15) is 6.10 Å². The fraction of sp³-hybridized carbons (Fsp3) is 0.800. The Hall–Kier alpha value is -0.413. The third-order valence-corrected chi connectivity index (χ3v) is 8.90. The normalized spacial score (nSPS) is 25.8. The lowest BCUT2D eigenvalue weighted by molar-refractivity contribution is -0.122. The number of carbonyl (C=O) groups excluding carboxylic acids is 1. The topological polar surface area (TPSA) is 26.3 Å². The van der Waals surface area contributed by atoms with E-state index >= 15 is 0 Å². The Labute approximate surface area is 113 Å². The van der Waals surface area contributed by atoms with Crippen LogP contribution in [0.2, 0.25) is 18.1 Å². The van der Waals surface area contributed by atoms with E-state index in [4.69, 9.17) is 4.43 Å². The molecule has 0 heterocycles. The van der Waals surface area contributed by atoms with E-state index in [2.05, 4.69) is 54.6 Å². The lowest BCUT2D eigenvalue weighted by atomic mass is 9.88. The molecule has 0 saturated heterocycles. The molecule has 0 aromatic carbocycles. The molecule has 0 amide bonds. The van der Waals surface area contributed by atoms with Crippen molar-refractivity contribution in [2.24, 2.45) is 11.8 Å². The molecule has 0 radical (unpaired) electrons. The Morgan fingerprint density at radius 3 is 2.17 bits per heavy atom. The second-order valence-corrected chi connectivity index (χ2v) is 12.1. The van der Waals surface area contributed by atoms with Gasteiger partial charge in [0.05, 0.1) is 0 Å². The van der Waals surface area contributed by atoms with Gasteiger partial charge in [-0.1, -0.05) is 40.2 Å². The Morgan fingerprint density at radius 1 is 1.28 bits per heavy atom. The van der Waals surface area contributed by atoms with Crippen molar-refractivity contribution < 1.29 is 9.22 Å². The molecule has 0 saturated carbocycles. The largest absolute Gasteiger partial charge is 0.406 e. The van der Waals surface area contributed by atoms with E-state index in [1.807, 2.05) is 0 Å². The number of rotatable bonds is 3. The molecule has 2 nitrogen and oxygen atoms in total. The zero-order valence-corrected chi connectivity index (χ0v) is 14.1. The van der Waals surface area contributed by atoms with Crippen molar-refractivity contribution >= 4 is 14.1 Å². The van der Waals surface area contributed by atoms with E-state index < -0.39 is 8.32 Å². The van der Waals surface area contributed by atoms with E-state index in [-0.39, 0.29) is 22.8 Å². The van der Waals surface area contributed by atoms with Crippen LogP contribution in [-0.2, 0) is 9.22 Å². The van der Waals surface area contributed by atoms with Gasteiger partial charge in [-0.2, -0.15) is 0 Å². The van der Waals surface area contributed by atoms with Gasteiger partial charge in [-0.3, -0.25) is 4.79 Å². The van der Waals surface area contributed by atoms with Crippen molar-refractivity contribution in [1.29, 1.82) is 0 Å². The van der Waals surface area contributed by atoms with Gasteiger partial charge in [0.15, 0.2) is 14.1 Å². The highest BCUT2D eigenvalue weighted by Crippen LogP contribution is 2.41. The van der Waals surface area contributed by atoms with Gasteiger partial charge in [0.25, 0.3) is 0 Å². The number of carbonyl (C=O) groups is 1. The zero-order chi connectivity index (χ0) is 14.3. The Kier molecular flexibility index (Phi) is 4.29. The van der Waals surface area contributed by atoms with Gasteiger partial charge >= 0.3 is 0 Å². The quantitative estimate of drug-likeness (QED) is 0.718. The molecule has 104 valence electrons. The van der Waals surface area contributed by atoms with Crippen molar-refractivity contribution in [3.8, 4) is 0 Å². The first-order valence-corrected chi connectivity index (χ1v) is 9.78. The smallest absolute Gasteiger partial charge is 0.193 e. The summed E-state index contributed by atoms with van der Waals surface area (Å²) in [4.78, 5) is 12.1. The van der Waals surface area contributed by atoms with Crippen molar-refractivity contribution in [2.75, 3.05) is 0 Å². The Balaban J connectivity index is 2.94. The maximum Gasteiger partial charge on any atom is 0.193 e. The van der Waals surface area contributed by atoms with Crippen LogP contribution in [0, 0.1) is 11.8 Å². The Bertz CT molecular complexity index is 361. The molecule has 0 fully saturated rings. The highest BCUT2D eigenvalue weighted by Gasteiger charge is 2.45. The van der Waals surface area contributed by atoms with Crippen molar-refractivity contribution in [1.82, 2.24) is 0 Å². The molecular formula is C15H28O2Si. The summed E-state index contributed by atoms with van der Waals surface area (Å²) in [6.45, 7) is 17.5. The first-order valence-electron chi connectivity index (χ1n) is 6.87. The van der Waals surface area contributed by atoms with E-state index in [0.29, 0.717) is 5.92 Å². The predicted octanol–water partition coefficient (Wildman–Crippen LogP) is 4.18. The number of ketones is 1. The van der Waals surface area contributed by atoms with Gasteiger partial charge in [-0.25, -0.2) is 0 Å². The van der Waals surface area contributed by atoms with Crippen LogP contribution in [0.4, 0.5) is 0 Å². The monoisotopic (exact) mass is 268 g/mol. The van der Waals surface area contributed by atoms with Crippen LogP contribution >= 0.6 is 0 Å². The number of hydrogen-bond acceptors (Lipinski definition) is 2. The van der Waals surface area contributed by atoms with Crippen molar-refractivity contribution in [3.63, 3.8) is 0 Å². The van der Waals surface area contributed by atoms with Crippen LogP contribution < -0.4 is 0 Å². The fourth-order valence-electron chi connectivity index (χ4n) is 2.32. The molecule has 3 heteroatoms. The van der Waals surface area contributed by atoms with E-state index in [1.165, 1.54) is 5.57 Å². The van der Waals surface area contributed by atoms with Crippen molar-refractivity contribution in [2.45, 2.75) is 65.8 Å². The number of hydrogen-bond donors (Lipinski definition) is 0. The highest BCUT2D eigenvalue weighted by molar-refractivity contribution is 6.74. The first-order chi connectivity index (χ1) is 7.97. The van der Waals surface area contributed by atoms with Gasteiger partial charge in [0, 0.05) is 5.92 Å². The van der Waals surface area contributed by atoms with Gasteiger partial charge in [-0.15, -0.1) is 0 Å². The molecule has 1 rings (SSSR count). The molecule has 18 heavy (non-hydrogen) atoms. The average molecular weight is 268 g/mol. The lowest BCUT2D eigenvalue weighted by Gasteiger charge is -2.40. The molecule has 0 aliphatic heterocycles. The minimum Gasteiger partial charge on any atom is -0.406 e. The maximum absolute atomic E-state index is 12.1. The molecule has 1 aliphatic carbocycles. The summed E-state index contributed by atoms with van der Waals surface area (Å²) < 4.78 is 6.36. The molecular weight excluding hydrogens is 240 g/mol. The first kappa shape index (κ1) is 15.6. The Morgan fingerprint density at radius 2 is 1.78 bits per heavy atom. The molecule has 0 unspecified atom stereocenters. The summed E-state index contributed by atoms with van der Waals surface area (Å²) in [5.41, 5.74) is 1.18. The summed E-state index contributed by atoms with van der Waals surface area (Å²) in [7, 11) is -1.88. The lowest BCUT2D eigenvalue weighted by Crippen LogP contribution is -2.47. The molecule has 0 aromatic rings. The fourth-order valence-corrected chi connectivity index (χ4v) is 3.57. The van der Waals surface area contributed by atoms with Crippen LogP contribution in [0.25, 0.3) is 0 Å². The molecule has 0 N–H and O–H groups in total. The minimum atomic E-state index is -1.88. The summed E-state index contributed by atoms with van der Waals surface area (Å²) in [5, 5.41) is 0.144. The zero-order valence-electron chi connectivity index (χ0n) is 13.1. The van der Waals surface area contributed by atoms with Crippen LogP contribution in [0.5, 0.6) is 0 Å². The molecule has 0 spiro atoms. The summed E-state index contributed by atoms with van der Waals surface area (Å²) in [5.74, 6) is 0.866. The summed E-state index contributed by atoms with van der Waals surface area (Å²) in [6.07, 6.45) is 1.54. The molecule has 1 aliphatic rings. The van der Waals surface area contributed by atoms with Gasteiger partial charge in [0.2, 0.25) is 0 Å². The predicted molar refractivity (Wildman–Crippen MR) is 79.2 cm³/mol. The van der Waals surface area contributed by atoms with Crippen LogP contribution in [-0.4, -0.2) is 20.2 Å². The third kappa shape index (κ3) is 2.94. The van der Waals surface area contributed by atoms with Gasteiger partial charge in [-0.05, 0) is 37.0 Å². The molecule has 0 bridgehead atoms. The SMILES string of the molecule is CC1=CC(=O)[C@H](O[Si](C)(C)C(C)(C)C)[C@H]1C(C)C. The van der Waals surface area contributed by atoms with Crippen molar-refractivity contribution in [3.05, 3.63) is 11.6 Å². The van der Waals surface area contributed by atoms with Gasteiger partial charge < -0.3 is 4.43 Å². The van der Waals surface area contributed by atoms with E-state index in [0.717, 1.165) is 0 Å². The van der Waals surface area contributed by atoms with E-state index in [1.54, 1.807) is 6.08 Å². The summed E-state index contributed by atoms with van der Waals surface area (Å²) >= 11 is 0. The van der Waals surface area contributed by atoms with Crippen LogP contribution in [0.15, 0.2) is 11.6 Å². The average Bonchev–Trinajstić information content (AvgIpc) is 2.38. The van der Waals surface area contributed by atoms with Crippen LogP contribution in [0.1, 0.15) is 41.5 Å².